The maximum Gasteiger partial charge on any atom is 0.253 e. The summed E-state index contributed by atoms with van der Waals surface area (Å²) in [5.74, 6) is -0.534. The van der Waals surface area contributed by atoms with E-state index in [1.54, 1.807) is 11.0 Å². The minimum absolute atomic E-state index is 0.0297. The van der Waals surface area contributed by atoms with Gasteiger partial charge in [0, 0.05) is 18.7 Å². The van der Waals surface area contributed by atoms with Crippen LogP contribution in [0.15, 0.2) is 18.2 Å². The van der Waals surface area contributed by atoms with Gasteiger partial charge in [-0.25, -0.2) is 4.39 Å². The Bertz CT molecular complexity index is 552. The lowest BCUT2D eigenvalue weighted by atomic mass is 9.61. The van der Waals surface area contributed by atoms with E-state index in [9.17, 15) is 14.3 Å². The number of amides is 1. The number of carbonyl (C=O) groups excluding carboxylic acids is 1. The van der Waals surface area contributed by atoms with E-state index in [4.69, 9.17) is 4.74 Å². The quantitative estimate of drug-likeness (QED) is 0.909. The summed E-state index contributed by atoms with van der Waals surface area (Å²) in [6.07, 6.45) is 3.37. The SMILES string of the molecule is COc1ccc(C(=O)N2CCC3(CCC3O)CC2)cc1F. The predicted molar refractivity (Wildman–Crippen MR) is 75.8 cm³/mol. The van der Waals surface area contributed by atoms with Crippen LogP contribution >= 0.6 is 0 Å². The molecule has 1 unspecified atom stereocenters. The normalized spacial score (nSPS) is 23.8. The fourth-order valence-corrected chi connectivity index (χ4v) is 3.40. The summed E-state index contributed by atoms with van der Waals surface area (Å²) in [6, 6.07) is 4.29. The van der Waals surface area contributed by atoms with Crippen molar-refractivity contribution in [2.45, 2.75) is 31.8 Å². The van der Waals surface area contributed by atoms with Crippen molar-refractivity contribution in [3.8, 4) is 5.75 Å². The van der Waals surface area contributed by atoms with Crippen LogP contribution in [-0.2, 0) is 0 Å². The first-order chi connectivity index (χ1) is 10.1. The third-order valence-electron chi connectivity index (χ3n) is 5.07. The monoisotopic (exact) mass is 293 g/mol. The molecule has 1 heterocycles. The molecule has 0 radical (unpaired) electrons. The van der Waals surface area contributed by atoms with Gasteiger partial charge >= 0.3 is 0 Å². The highest BCUT2D eigenvalue weighted by molar-refractivity contribution is 5.94. The Morgan fingerprint density at radius 2 is 2.10 bits per heavy atom. The van der Waals surface area contributed by atoms with Crippen molar-refractivity contribution in [1.29, 1.82) is 0 Å². The second-order valence-corrected chi connectivity index (χ2v) is 6.06. The molecule has 3 rings (SSSR count). The fourth-order valence-electron chi connectivity index (χ4n) is 3.40. The lowest BCUT2D eigenvalue weighted by Crippen LogP contribution is -2.53. The summed E-state index contributed by atoms with van der Waals surface area (Å²) in [7, 11) is 1.40. The van der Waals surface area contributed by atoms with Gasteiger partial charge in [0.1, 0.15) is 0 Å². The molecule has 1 aliphatic carbocycles. The summed E-state index contributed by atoms with van der Waals surface area (Å²) in [6.45, 7) is 1.26. The molecule has 4 nitrogen and oxygen atoms in total. The molecule has 1 aliphatic heterocycles. The number of benzene rings is 1. The van der Waals surface area contributed by atoms with Crippen LogP contribution in [0, 0.1) is 11.2 Å². The molecule has 0 bridgehead atoms. The van der Waals surface area contributed by atoms with Crippen molar-refractivity contribution in [2.24, 2.45) is 5.41 Å². The Morgan fingerprint density at radius 1 is 1.38 bits per heavy atom. The molecule has 5 heteroatoms. The molecule has 2 aliphatic rings. The number of hydrogen-bond donors (Lipinski definition) is 1. The van der Waals surface area contributed by atoms with E-state index >= 15 is 0 Å². The van der Waals surface area contributed by atoms with E-state index in [-0.39, 0.29) is 23.2 Å². The summed E-state index contributed by atoms with van der Waals surface area (Å²) in [5.41, 5.74) is 0.375. The number of aliphatic hydroxyl groups excluding tert-OH is 1. The highest BCUT2D eigenvalue weighted by Gasteiger charge is 2.47. The van der Waals surface area contributed by atoms with Gasteiger partial charge in [-0.1, -0.05) is 0 Å². The molecule has 21 heavy (non-hydrogen) atoms. The maximum absolute atomic E-state index is 13.7. The molecule has 2 fully saturated rings. The number of piperidine rings is 1. The van der Waals surface area contributed by atoms with Gasteiger partial charge in [-0.3, -0.25) is 4.79 Å². The van der Waals surface area contributed by atoms with Gasteiger partial charge in [0.2, 0.25) is 0 Å². The number of carbonyl (C=O) groups is 1. The Kier molecular flexibility index (Phi) is 3.61. The molecule has 1 atom stereocenters. The zero-order valence-corrected chi connectivity index (χ0v) is 12.1. The minimum atomic E-state index is -0.522. The number of hydrogen-bond acceptors (Lipinski definition) is 3. The first-order valence-corrected chi connectivity index (χ1v) is 7.37. The number of halogens is 1. The van der Waals surface area contributed by atoms with E-state index in [1.807, 2.05) is 0 Å². The van der Waals surface area contributed by atoms with E-state index in [0.29, 0.717) is 18.7 Å². The number of rotatable bonds is 2. The number of ether oxygens (including phenoxy) is 1. The van der Waals surface area contributed by atoms with Gasteiger partial charge in [0.05, 0.1) is 13.2 Å². The molecular weight excluding hydrogens is 273 g/mol. The van der Waals surface area contributed by atoms with E-state index < -0.39 is 5.82 Å². The first kappa shape index (κ1) is 14.3. The maximum atomic E-state index is 13.7. The number of likely N-dealkylation sites (tertiary alicyclic amines) is 1. The van der Waals surface area contributed by atoms with Crippen LogP contribution in [0.4, 0.5) is 4.39 Å². The predicted octanol–water partition coefficient (Wildman–Crippen LogP) is 2.21. The van der Waals surface area contributed by atoms with Crippen molar-refractivity contribution in [3.63, 3.8) is 0 Å². The zero-order valence-electron chi connectivity index (χ0n) is 12.1. The lowest BCUT2D eigenvalue weighted by molar-refractivity contribution is -0.0952. The van der Waals surface area contributed by atoms with E-state index in [2.05, 4.69) is 0 Å². The van der Waals surface area contributed by atoms with Gasteiger partial charge in [0.15, 0.2) is 11.6 Å². The molecule has 114 valence electrons. The van der Waals surface area contributed by atoms with Crippen LogP contribution < -0.4 is 4.74 Å². The topological polar surface area (TPSA) is 49.8 Å². The highest BCUT2D eigenvalue weighted by atomic mass is 19.1. The van der Waals surface area contributed by atoms with Crippen molar-refractivity contribution in [3.05, 3.63) is 29.6 Å². The van der Waals surface area contributed by atoms with Crippen molar-refractivity contribution >= 4 is 5.91 Å². The standard InChI is InChI=1S/C16H20FNO3/c1-21-13-3-2-11(10-12(13)17)15(20)18-8-6-16(7-9-18)5-4-14(16)19/h2-3,10,14,19H,4-9H2,1H3. The summed E-state index contributed by atoms with van der Waals surface area (Å²) < 4.78 is 18.5. The number of methoxy groups -OCH3 is 1. The second-order valence-electron chi connectivity index (χ2n) is 6.06. The van der Waals surface area contributed by atoms with Crippen LogP contribution in [0.5, 0.6) is 5.75 Å². The van der Waals surface area contributed by atoms with Gasteiger partial charge in [0.25, 0.3) is 5.91 Å². The van der Waals surface area contributed by atoms with Crippen LogP contribution in [0.1, 0.15) is 36.0 Å². The summed E-state index contributed by atoms with van der Waals surface area (Å²) >= 11 is 0. The molecule has 1 amide bonds. The smallest absolute Gasteiger partial charge is 0.253 e. The highest BCUT2D eigenvalue weighted by Crippen LogP contribution is 2.49. The van der Waals surface area contributed by atoms with Crippen molar-refractivity contribution in [2.75, 3.05) is 20.2 Å². The largest absolute Gasteiger partial charge is 0.494 e. The first-order valence-electron chi connectivity index (χ1n) is 7.37. The number of aliphatic hydroxyl groups is 1. The molecule has 1 spiro atoms. The van der Waals surface area contributed by atoms with E-state index in [0.717, 1.165) is 25.7 Å². The Balaban J connectivity index is 1.68. The Morgan fingerprint density at radius 3 is 2.57 bits per heavy atom. The van der Waals surface area contributed by atoms with E-state index in [1.165, 1.54) is 19.2 Å². The summed E-state index contributed by atoms with van der Waals surface area (Å²) in [5, 5.41) is 9.89. The van der Waals surface area contributed by atoms with Crippen molar-refractivity contribution < 1.29 is 19.0 Å². The Labute approximate surface area is 123 Å². The zero-order chi connectivity index (χ0) is 15.0. The third kappa shape index (κ3) is 2.39. The minimum Gasteiger partial charge on any atom is -0.494 e. The summed E-state index contributed by atoms with van der Waals surface area (Å²) in [4.78, 5) is 14.2. The molecule has 1 saturated carbocycles. The molecule has 1 aromatic carbocycles. The van der Waals surface area contributed by atoms with Crippen LogP contribution in [0.3, 0.4) is 0 Å². The molecule has 1 saturated heterocycles. The molecule has 1 N–H and O–H groups in total. The van der Waals surface area contributed by atoms with Gasteiger partial charge in [-0.15, -0.1) is 0 Å². The average molecular weight is 293 g/mol. The molecule has 0 aromatic heterocycles. The molecular formula is C16H20FNO3. The Hall–Kier alpha value is -1.62. The second kappa shape index (κ2) is 5.30. The van der Waals surface area contributed by atoms with Crippen LogP contribution in [0.25, 0.3) is 0 Å². The van der Waals surface area contributed by atoms with Crippen LogP contribution in [0.2, 0.25) is 0 Å². The van der Waals surface area contributed by atoms with Gasteiger partial charge in [-0.2, -0.15) is 0 Å². The fraction of sp³-hybridized carbons (Fsp3) is 0.562. The van der Waals surface area contributed by atoms with Crippen LogP contribution in [-0.4, -0.2) is 42.2 Å². The third-order valence-corrected chi connectivity index (χ3v) is 5.07. The van der Waals surface area contributed by atoms with Gasteiger partial charge < -0.3 is 14.7 Å². The van der Waals surface area contributed by atoms with Gasteiger partial charge in [-0.05, 0) is 49.3 Å². The number of nitrogens with zero attached hydrogens (tertiary/aromatic N) is 1. The molecule has 1 aromatic rings. The lowest BCUT2D eigenvalue weighted by Gasteiger charge is -2.51. The average Bonchev–Trinajstić information content (AvgIpc) is 2.52. The van der Waals surface area contributed by atoms with Crippen molar-refractivity contribution in [1.82, 2.24) is 4.90 Å².